The third-order valence-corrected chi connectivity index (χ3v) is 5.96. The molecule has 1 aliphatic rings. The van der Waals surface area contributed by atoms with Crippen molar-refractivity contribution in [3.63, 3.8) is 0 Å². The lowest BCUT2D eigenvalue weighted by molar-refractivity contribution is -0.130. The van der Waals surface area contributed by atoms with Crippen LogP contribution >= 0.6 is 0 Å². The first-order valence-electron chi connectivity index (χ1n) is 10.9. The van der Waals surface area contributed by atoms with Crippen molar-refractivity contribution in [2.45, 2.75) is 46.5 Å². The van der Waals surface area contributed by atoms with E-state index in [0.29, 0.717) is 43.0 Å². The highest BCUT2D eigenvalue weighted by Crippen LogP contribution is 2.26. The van der Waals surface area contributed by atoms with Crippen LogP contribution in [0, 0.1) is 6.92 Å². The number of allylic oxidation sites excluding steroid dienone is 1. The molecule has 0 radical (unpaired) electrons. The molecule has 2 aromatic rings. The topological polar surface area (TPSA) is 76.6 Å². The number of amides is 1. The minimum Gasteiger partial charge on any atom is -0.477 e. The van der Waals surface area contributed by atoms with Gasteiger partial charge in [0.2, 0.25) is 5.91 Å². The van der Waals surface area contributed by atoms with Crippen LogP contribution in [0.3, 0.4) is 0 Å². The average molecular weight is 442 g/mol. The summed E-state index contributed by atoms with van der Waals surface area (Å²) in [5.74, 6) is -1.75. The molecule has 7 heteroatoms. The molecule has 1 amide bonds. The van der Waals surface area contributed by atoms with E-state index in [-0.39, 0.29) is 23.4 Å². The van der Waals surface area contributed by atoms with E-state index in [1.165, 1.54) is 18.6 Å². The second kappa shape index (κ2) is 9.18. The summed E-state index contributed by atoms with van der Waals surface area (Å²) in [5.41, 5.74) is 3.76. The average Bonchev–Trinajstić information content (AvgIpc) is 3.03. The van der Waals surface area contributed by atoms with E-state index in [9.17, 15) is 19.1 Å². The third-order valence-electron chi connectivity index (χ3n) is 5.96. The smallest absolute Gasteiger partial charge is 0.352 e. The molecule has 0 saturated carbocycles. The Labute approximate surface area is 188 Å². The van der Waals surface area contributed by atoms with Gasteiger partial charge in [-0.3, -0.25) is 4.79 Å². The molecule has 3 rings (SSSR count). The summed E-state index contributed by atoms with van der Waals surface area (Å²) < 4.78 is 13.5. The van der Waals surface area contributed by atoms with Gasteiger partial charge >= 0.3 is 5.97 Å². The molecule has 0 unspecified atom stereocenters. The number of anilines is 1. The van der Waals surface area contributed by atoms with Crippen LogP contribution < -0.4 is 4.90 Å². The molecule has 2 N–H and O–H groups in total. The van der Waals surface area contributed by atoms with Gasteiger partial charge in [-0.15, -0.1) is 0 Å². The zero-order chi connectivity index (χ0) is 23.6. The molecule has 1 fully saturated rings. The Balaban J connectivity index is 1.69. The second-order valence-corrected chi connectivity index (χ2v) is 9.39. The van der Waals surface area contributed by atoms with Gasteiger partial charge in [-0.1, -0.05) is 32.9 Å². The Morgan fingerprint density at radius 2 is 1.72 bits per heavy atom. The van der Waals surface area contributed by atoms with E-state index in [1.807, 2.05) is 0 Å². The van der Waals surface area contributed by atoms with Crippen LogP contribution in [0.2, 0.25) is 0 Å². The summed E-state index contributed by atoms with van der Waals surface area (Å²) in [7, 11) is 0. The van der Waals surface area contributed by atoms with Crippen molar-refractivity contribution in [1.82, 2.24) is 9.88 Å². The lowest BCUT2D eigenvalue weighted by atomic mass is 9.87. The molecule has 1 aromatic carbocycles. The fraction of sp³-hybridized carbons (Fsp3) is 0.440. The Morgan fingerprint density at radius 3 is 2.22 bits per heavy atom. The highest BCUT2D eigenvalue weighted by atomic mass is 19.1. The number of rotatable bonds is 5. The molecule has 1 saturated heterocycles. The van der Waals surface area contributed by atoms with Crippen LogP contribution in [-0.2, 0) is 16.6 Å². The number of piperazine rings is 1. The number of halogens is 1. The number of hydrogen-bond acceptors (Lipinski definition) is 3. The van der Waals surface area contributed by atoms with Crippen molar-refractivity contribution in [2.24, 2.45) is 0 Å². The highest BCUT2D eigenvalue weighted by molar-refractivity contribution is 5.92. The van der Waals surface area contributed by atoms with Crippen molar-refractivity contribution in [2.75, 3.05) is 31.1 Å². The monoisotopic (exact) mass is 441 g/mol. The molecule has 172 valence electrons. The maximum absolute atomic E-state index is 13.5. The number of aromatic carboxylic acids is 1. The van der Waals surface area contributed by atoms with E-state index >= 15 is 0 Å². The number of aromatic amines is 1. The summed E-state index contributed by atoms with van der Waals surface area (Å²) in [5, 5.41) is 9.51. The molecule has 2 heterocycles. The summed E-state index contributed by atoms with van der Waals surface area (Å²) in [6.07, 6.45) is 1.20. The van der Waals surface area contributed by atoms with E-state index in [0.717, 1.165) is 5.69 Å². The van der Waals surface area contributed by atoms with Gasteiger partial charge < -0.3 is 19.9 Å². The van der Waals surface area contributed by atoms with Gasteiger partial charge in [0.25, 0.3) is 0 Å². The van der Waals surface area contributed by atoms with Crippen molar-refractivity contribution >= 4 is 23.6 Å². The van der Waals surface area contributed by atoms with Gasteiger partial charge in [-0.2, -0.15) is 0 Å². The Bertz CT molecular complexity index is 1020. The molecular weight excluding hydrogens is 409 g/mol. The van der Waals surface area contributed by atoms with Gasteiger partial charge in [0, 0.05) is 48.7 Å². The SMILES string of the molecule is C/C(F)=C\c1c(C)[nH]c(C(=O)O)c1CC(=O)N1CCN(c2ccc(C(C)(C)C)cc2)CC1. The molecule has 6 nitrogen and oxygen atoms in total. The predicted octanol–water partition coefficient (Wildman–Crippen LogP) is 4.54. The molecule has 0 aliphatic carbocycles. The number of aryl methyl sites for hydroxylation is 1. The molecule has 1 aliphatic heterocycles. The van der Waals surface area contributed by atoms with E-state index in [1.54, 1.807) is 11.8 Å². The zero-order valence-corrected chi connectivity index (χ0v) is 19.5. The standard InChI is InChI=1S/C25H32FN3O3/c1-16(26)14-20-17(2)27-23(24(31)32)21(20)15-22(30)29-12-10-28(11-13-29)19-8-6-18(7-9-19)25(3,4)5/h6-9,14,27H,10-13,15H2,1-5H3,(H,31,32)/b16-14+. The lowest BCUT2D eigenvalue weighted by Gasteiger charge is -2.36. The van der Waals surface area contributed by atoms with Crippen molar-refractivity contribution in [1.29, 1.82) is 0 Å². The zero-order valence-electron chi connectivity index (χ0n) is 19.5. The number of H-pyrrole nitrogens is 1. The number of nitrogens with zero attached hydrogens (tertiary/aromatic N) is 2. The number of benzene rings is 1. The second-order valence-electron chi connectivity index (χ2n) is 9.39. The van der Waals surface area contributed by atoms with Gasteiger partial charge in [-0.05, 0) is 43.0 Å². The molecule has 1 aromatic heterocycles. The van der Waals surface area contributed by atoms with Crippen LogP contribution in [0.5, 0.6) is 0 Å². The third kappa shape index (κ3) is 5.21. The van der Waals surface area contributed by atoms with E-state index in [2.05, 4.69) is 54.9 Å². The Hall–Kier alpha value is -3.09. The first-order chi connectivity index (χ1) is 15.0. The van der Waals surface area contributed by atoms with Crippen LogP contribution in [0.4, 0.5) is 10.1 Å². The fourth-order valence-corrected chi connectivity index (χ4v) is 4.10. The maximum atomic E-state index is 13.5. The number of hydrogen-bond donors (Lipinski definition) is 2. The number of carbonyl (C=O) groups excluding carboxylic acids is 1. The van der Waals surface area contributed by atoms with Gasteiger partial charge in [-0.25, -0.2) is 9.18 Å². The van der Waals surface area contributed by atoms with Gasteiger partial charge in [0.15, 0.2) is 0 Å². The maximum Gasteiger partial charge on any atom is 0.352 e. The Kier molecular flexibility index (Phi) is 6.77. The number of carbonyl (C=O) groups is 2. The quantitative estimate of drug-likeness (QED) is 0.714. The lowest BCUT2D eigenvalue weighted by Crippen LogP contribution is -2.49. The Morgan fingerprint density at radius 1 is 1.12 bits per heavy atom. The summed E-state index contributed by atoms with van der Waals surface area (Å²) in [6, 6.07) is 8.54. The van der Waals surface area contributed by atoms with Gasteiger partial charge in [0.05, 0.1) is 12.2 Å². The first-order valence-corrected chi connectivity index (χ1v) is 10.9. The van der Waals surface area contributed by atoms with E-state index in [4.69, 9.17) is 0 Å². The van der Waals surface area contributed by atoms with Gasteiger partial charge in [0.1, 0.15) is 5.69 Å². The number of carboxylic acids is 1. The molecule has 0 atom stereocenters. The minimum atomic E-state index is -1.16. The number of nitrogens with one attached hydrogen (secondary N) is 1. The molecule has 0 bridgehead atoms. The number of aromatic nitrogens is 1. The molecule has 0 spiro atoms. The minimum absolute atomic E-state index is 0.0547. The summed E-state index contributed by atoms with van der Waals surface area (Å²) in [4.78, 5) is 31.4. The van der Waals surface area contributed by atoms with Crippen LogP contribution in [0.15, 0.2) is 30.1 Å². The van der Waals surface area contributed by atoms with E-state index < -0.39 is 11.8 Å². The molecule has 32 heavy (non-hydrogen) atoms. The summed E-state index contributed by atoms with van der Waals surface area (Å²) in [6.45, 7) is 12.0. The van der Waals surface area contributed by atoms with Crippen LogP contribution in [-0.4, -0.2) is 53.0 Å². The normalized spacial score (nSPS) is 15.2. The summed E-state index contributed by atoms with van der Waals surface area (Å²) >= 11 is 0. The predicted molar refractivity (Wildman–Crippen MR) is 125 cm³/mol. The van der Waals surface area contributed by atoms with Crippen molar-refractivity contribution in [3.8, 4) is 0 Å². The largest absolute Gasteiger partial charge is 0.477 e. The number of carboxylic acid groups (broad SMARTS) is 1. The van der Waals surface area contributed by atoms with Crippen LogP contribution in [0.25, 0.3) is 6.08 Å². The van der Waals surface area contributed by atoms with Crippen LogP contribution in [0.1, 0.15) is 60.6 Å². The fourth-order valence-electron chi connectivity index (χ4n) is 4.10. The molecular formula is C25H32FN3O3. The van der Waals surface area contributed by atoms with Crippen molar-refractivity contribution in [3.05, 3.63) is 58.2 Å². The highest BCUT2D eigenvalue weighted by Gasteiger charge is 2.26. The first kappa shape index (κ1) is 23.6. The van der Waals surface area contributed by atoms with Crippen molar-refractivity contribution < 1.29 is 19.1 Å².